The molecule has 102 valence electrons. The van der Waals surface area contributed by atoms with Crippen LogP contribution in [0.25, 0.3) is 5.57 Å². The Morgan fingerprint density at radius 1 is 1.00 bits per heavy atom. The number of rotatable bonds is 1. The van der Waals surface area contributed by atoms with Crippen molar-refractivity contribution in [3.05, 3.63) is 35.9 Å². The molecule has 0 radical (unpaired) electrons. The first-order valence-electron chi connectivity index (χ1n) is 7.30. The van der Waals surface area contributed by atoms with Crippen LogP contribution < -0.4 is 0 Å². The number of carbonyl (C=O) groups is 1. The molecular weight excluding hydrogens is 236 g/mol. The van der Waals surface area contributed by atoms with E-state index in [9.17, 15) is 9.90 Å². The summed E-state index contributed by atoms with van der Waals surface area (Å²) in [6.07, 6.45) is 6.41. The van der Waals surface area contributed by atoms with Gasteiger partial charge in [0.15, 0.2) is 5.78 Å². The van der Waals surface area contributed by atoms with Crippen LogP contribution in [0, 0.1) is 11.8 Å². The molecule has 1 N–H and O–H groups in total. The highest BCUT2D eigenvalue weighted by molar-refractivity contribution is 6.04. The number of allylic oxidation sites excluding steroid dienone is 2. The van der Waals surface area contributed by atoms with Gasteiger partial charge in [-0.2, -0.15) is 0 Å². The average Bonchev–Trinajstić information content (AvgIpc) is 2.80. The number of ketones is 1. The highest BCUT2D eigenvalue weighted by atomic mass is 16.3. The molecule has 1 saturated carbocycles. The van der Waals surface area contributed by atoms with E-state index in [1.165, 1.54) is 18.4 Å². The molecular formula is C17H22O2. The second-order valence-corrected chi connectivity index (χ2v) is 5.05. The number of aromatic hydroxyl groups is 1. The fourth-order valence-electron chi connectivity index (χ4n) is 3.16. The summed E-state index contributed by atoms with van der Waals surface area (Å²) in [7, 11) is 0. The highest BCUT2D eigenvalue weighted by Gasteiger charge is 2.37. The Morgan fingerprint density at radius 3 is 2.21 bits per heavy atom. The van der Waals surface area contributed by atoms with Crippen LogP contribution in [0.3, 0.4) is 0 Å². The first kappa shape index (κ1) is 13.9. The lowest BCUT2D eigenvalue weighted by molar-refractivity contribution is -0.119. The molecule has 1 fully saturated rings. The Hall–Kier alpha value is -1.57. The van der Waals surface area contributed by atoms with Gasteiger partial charge in [-0.05, 0) is 48.1 Å². The van der Waals surface area contributed by atoms with Crippen LogP contribution in [0.15, 0.2) is 30.3 Å². The van der Waals surface area contributed by atoms with Crippen molar-refractivity contribution in [1.29, 1.82) is 0 Å². The maximum Gasteiger partial charge on any atom is 0.159 e. The van der Waals surface area contributed by atoms with Crippen molar-refractivity contribution in [2.75, 3.05) is 0 Å². The maximum atomic E-state index is 11.9. The van der Waals surface area contributed by atoms with Crippen LogP contribution in [0.1, 0.15) is 45.1 Å². The first-order chi connectivity index (χ1) is 9.25. The van der Waals surface area contributed by atoms with E-state index in [0.717, 1.165) is 18.4 Å². The zero-order valence-corrected chi connectivity index (χ0v) is 11.7. The monoisotopic (exact) mass is 258 g/mol. The topological polar surface area (TPSA) is 37.3 Å². The highest BCUT2D eigenvalue weighted by Crippen LogP contribution is 2.44. The zero-order chi connectivity index (χ0) is 13.8. The number of benzene rings is 1. The van der Waals surface area contributed by atoms with E-state index in [-0.39, 0.29) is 11.7 Å². The molecule has 2 heteroatoms. The fraction of sp³-hybridized carbons (Fsp3) is 0.471. The van der Waals surface area contributed by atoms with E-state index in [0.29, 0.717) is 11.7 Å². The molecule has 1 aromatic carbocycles. The van der Waals surface area contributed by atoms with Crippen LogP contribution in [0.4, 0.5) is 0 Å². The van der Waals surface area contributed by atoms with Crippen molar-refractivity contribution in [2.24, 2.45) is 11.8 Å². The van der Waals surface area contributed by atoms with Crippen molar-refractivity contribution in [3.63, 3.8) is 0 Å². The zero-order valence-electron chi connectivity index (χ0n) is 11.7. The summed E-state index contributed by atoms with van der Waals surface area (Å²) in [5.74, 6) is 1.23. The molecule has 1 aromatic rings. The third kappa shape index (κ3) is 2.73. The van der Waals surface area contributed by atoms with Gasteiger partial charge < -0.3 is 5.11 Å². The van der Waals surface area contributed by atoms with Gasteiger partial charge in [-0.3, -0.25) is 4.79 Å². The second kappa shape index (κ2) is 6.05. The lowest BCUT2D eigenvalue weighted by Crippen LogP contribution is -2.20. The molecule has 0 amide bonds. The molecule has 0 aromatic heterocycles. The number of fused-ring (bicyclic) bond motifs is 1. The summed E-state index contributed by atoms with van der Waals surface area (Å²) in [4.78, 5) is 11.9. The van der Waals surface area contributed by atoms with Crippen molar-refractivity contribution in [2.45, 2.75) is 39.5 Å². The molecule has 0 bridgehead atoms. The number of carbonyl (C=O) groups excluding carboxylic acids is 1. The fourth-order valence-corrected chi connectivity index (χ4v) is 3.16. The van der Waals surface area contributed by atoms with Gasteiger partial charge in [0.25, 0.3) is 0 Å². The van der Waals surface area contributed by atoms with Gasteiger partial charge in [0, 0.05) is 5.92 Å². The number of phenolic OH excluding ortho intramolecular Hbond substituents is 1. The predicted octanol–water partition coefficient (Wildman–Crippen LogP) is 4.19. The van der Waals surface area contributed by atoms with E-state index < -0.39 is 0 Å². The van der Waals surface area contributed by atoms with Crippen LogP contribution in [-0.2, 0) is 4.79 Å². The number of hydrogen-bond acceptors (Lipinski definition) is 2. The molecule has 0 spiro atoms. The molecule has 2 aliphatic rings. The normalized spacial score (nSPS) is 25.2. The summed E-state index contributed by atoms with van der Waals surface area (Å²) >= 11 is 0. The molecule has 3 rings (SSSR count). The summed E-state index contributed by atoms with van der Waals surface area (Å²) in [6, 6.07) is 7.20. The standard InChI is InChI=1S/C15H16O2.C2H6/c16-11-7-5-10(6-8-11)14-9-15(17)13-4-2-1-3-12(13)14;1-2/h5-9,12-13,16H,1-4H2;1-2H3. The second-order valence-electron chi connectivity index (χ2n) is 5.05. The smallest absolute Gasteiger partial charge is 0.159 e. The Balaban J connectivity index is 0.000000637. The molecule has 2 atom stereocenters. The Kier molecular flexibility index (Phi) is 4.41. The minimum absolute atomic E-state index is 0.229. The minimum atomic E-state index is 0.229. The Morgan fingerprint density at radius 2 is 1.58 bits per heavy atom. The minimum Gasteiger partial charge on any atom is -0.508 e. The Bertz CT molecular complexity index is 471. The van der Waals surface area contributed by atoms with Gasteiger partial charge in [0.1, 0.15) is 5.75 Å². The van der Waals surface area contributed by atoms with Gasteiger partial charge >= 0.3 is 0 Å². The van der Waals surface area contributed by atoms with Gasteiger partial charge in [-0.25, -0.2) is 0 Å². The summed E-state index contributed by atoms with van der Waals surface area (Å²) in [6.45, 7) is 4.00. The van der Waals surface area contributed by atoms with Gasteiger partial charge in [-0.1, -0.05) is 38.8 Å². The van der Waals surface area contributed by atoms with E-state index in [2.05, 4.69) is 0 Å². The molecule has 0 saturated heterocycles. The van der Waals surface area contributed by atoms with Crippen molar-refractivity contribution >= 4 is 11.4 Å². The van der Waals surface area contributed by atoms with Crippen LogP contribution in [-0.4, -0.2) is 10.9 Å². The third-order valence-electron chi connectivity index (χ3n) is 4.03. The third-order valence-corrected chi connectivity index (χ3v) is 4.03. The van der Waals surface area contributed by atoms with Crippen LogP contribution in [0.5, 0.6) is 5.75 Å². The average molecular weight is 258 g/mol. The van der Waals surface area contributed by atoms with E-state index in [4.69, 9.17) is 0 Å². The first-order valence-corrected chi connectivity index (χ1v) is 7.30. The summed E-state index contributed by atoms with van der Waals surface area (Å²) in [5, 5.41) is 9.30. The Labute approximate surface area is 115 Å². The molecule has 0 heterocycles. The van der Waals surface area contributed by atoms with Crippen molar-refractivity contribution in [3.8, 4) is 5.75 Å². The van der Waals surface area contributed by atoms with Crippen LogP contribution >= 0.6 is 0 Å². The maximum absolute atomic E-state index is 11.9. The molecule has 19 heavy (non-hydrogen) atoms. The van der Waals surface area contributed by atoms with E-state index >= 15 is 0 Å². The lowest BCUT2D eigenvalue weighted by Gasteiger charge is -2.26. The summed E-state index contributed by atoms with van der Waals surface area (Å²) < 4.78 is 0. The van der Waals surface area contributed by atoms with Crippen molar-refractivity contribution in [1.82, 2.24) is 0 Å². The lowest BCUT2D eigenvalue weighted by atomic mass is 9.77. The quantitative estimate of drug-likeness (QED) is 0.820. The summed E-state index contributed by atoms with van der Waals surface area (Å²) in [5.41, 5.74) is 2.27. The van der Waals surface area contributed by atoms with Crippen molar-refractivity contribution < 1.29 is 9.90 Å². The van der Waals surface area contributed by atoms with E-state index in [1.54, 1.807) is 12.1 Å². The van der Waals surface area contributed by atoms with Gasteiger partial charge in [-0.15, -0.1) is 0 Å². The molecule has 2 aliphatic carbocycles. The predicted molar refractivity (Wildman–Crippen MR) is 77.9 cm³/mol. The molecule has 0 aliphatic heterocycles. The molecule has 2 unspecified atom stereocenters. The largest absolute Gasteiger partial charge is 0.508 e. The molecule has 2 nitrogen and oxygen atoms in total. The van der Waals surface area contributed by atoms with Crippen LogP contribution in [0.2, 0.25) is 0 Å². The SMILES string of the molecule is CC.O=C1C=C(c2ccc(O)cc2)C2CCCCC12. The number of hydrogen-bond donors (Lipinski definition) is 1. The number of phenols is 1. The van der Waals surface area contributed by atoms with Gasteiger partial charge in [0.05, 0.1) is 0 Å². The van der Waals surface area contributed by atoms with Gasteiger partial charge in [0.2, 0.25) is 0 Å². The van der Waals surface area contributed by atoms with E-state index in [1.807, 2.05) is 32.1 Å².